The van der Waals surface area contributed by atoms with Crippen molar-refractivity contribution in [1.82, 2.24) is 0 Å². The van der Waals surface area contributed by atoms with Gasteiger partial charge in [0, 0.05) is 3.57 Å². The van der Waals surface area contributed by atoms with Gasteiger partial charge in [0.25, 0.3) is 5.91 Å². The number of para-hydroxylation sites is 2. The summed E-state index contributed by atoms with van der Waals surface area (Å²) in [4.78, 5) is 12.0. The van der Waals surface area contributed by atoms with Gasteiger partial charge in [-0.15, -0.1) is 0 Å². The van der Waals surface area contributed by atoms with Gasteiger partial charge < -0.3 is 14.8 Å². The third-order valence-electron chi connectivity index (χ3n) is 3.32. The summed E-state index contributed by atoms with van der Waals surface area (Å²) in [6, 6.07) is 24.3. The molecule has 0 aromatic heterocycles. The number of rotatable bonds is 6. The van der Waals surface area contributed by atoms with Crippen LogP contribution in [0.2, 0.25) is 0 Å². The molecule has 0 fully saturated rings. The van der Waals surface area contributed by atoms with Crippen LogP contribution in [0.1, 0.15) is 0 Å². The van der Waals surface area contributed by atoms with Gasteiger partial charge in [-0.2, -0.15) is 0 Å². The molecule has 0 atom stereocenters. The van der Waals surface area contributed by atoms with E-state index in [-0.39, 0.29) is 12.5 Å². The molecule has 3 aromatic rings. The summed E-state index contributed by atoms with van der Waals surface area (Å²) in [5, 5.41) is 2.83. The lowest BCUT2D eigenvalue weighted by Gasteiger charge is -2.10. The van der Waals surface area contributed by atoms with E-state index in [1.54, 1.807) is 24.3 Å². The molecule has 1 amide bonds. The van der Waals surface area contributed by atoms with Gasteiger partial charge in [-0.05, 0) is 71.1 Å². The Labute approximate surface area is 159 Å². The van der Waals surface area contributed by atoms with Gasteiger partial charge in [-0.25, -0.2) is 0 Å². The highest BCUT2D eigenvalue weighted by atomic mass is 127. The van der Waals surface area contributed by atoms with Crippen molar-refractivity contribution in [2.45, 2.75) is 0 Å². The third kappa shape index (κ3) is 5.22. The van der Waals surface area contributed by atoms with Crippen LogP contribution in [-0.4, -0.2) is 12.5 Å². The molecule has 5 heteroatoms. The highest BCUT2D eigenvalue weighted by molar-refractivity contribution is 14.1. The number of hydrogen-bond donors (Lipinski definition) is 1. The maximum Gasteiger partial charge on any atom is 0.262 e. The molecule has 0 saturated heterocycles. The molecular formula is C20H16INO3. The molecule has 0 bridgehead atoms. The molecule has 0 aliphatic heterocycles. The quantitative estimate of drug-likeness (QED) is 0.538. The highest BCUT2D eigenvalue weighted by Gasteiger charge is 2.06. The molecule has 0 unspecified atom stereocenters. The number of anilines is 1. The average molecular weight is 445 g/mol. The minimum absolute atomic E-state index is 0.0517. The second-order valence-electron chi connectivity index (χ2n) is 5.20. The number of carbonyl (C=O) groups excluding carboxylic acids is 1. The topological polar surface area (TPSA) is 47.6 Å². The fraction of sp³-hybridized carbons (Fsp3) is 0.0500. The van der Waals surface area contributed by atoms with Crippen molar-refractivity contribution in [2.75, 3.05) is 11.9 Å². The zero-order valence-electron chi connectivity index (χ0n) is 13.3. The summed E-state index contributed by atoms with van der Waals surface area (Å²) < 4.78 is 12.2. The van der Waals surface area contributed by atoms with E-state index in [9.17, 15) is 4.79 Å². The minimum Gasteiger partial charge on any atom is -0.484 e. The summed E-state index contributed by atoms with van der Waals surface area (Å²) in [6.07, 6.45) is 0. The van der Waals surface area contributed by atoms with Crippen LogP contribution in [0.5, 0.6) is 17.2 Å². The summed E-state index contributed by atoms with van der Waals surface area (Å²) in [5.74, 6) is 1.89. The van der Waals surface area contributed by atoms with Crippen molar-refractivity contribution < 1.29 is 14.3 Å². The maximum absolute atomic E-state index is 12.0. The predicted octanol–water partition coefficient (Wildman–Crippen LogP) is 5.10. The van der Waals surface area contributed by atoms with Crippen LogP contribution in [0, 0.1) is 3.57 Å². The standard InChI is InChI=1S/C20H16INO3/c21-18-8-4-5-9-19(18)22-20(23)14-24-15-10-12-17(13-11-15)25-16-6-2-1-3-7-16/h1-13H,14H2,(H,22,23). The molecule has 0 aliphatic rings. The highest BCUT2D eigenvalue weighted by Crippen LogP contribution is 2.23. The Morgan fingerprint density at radius 3 is 2.12 bits per heavy atom. The first-order valence-corrected chi connectivity index (χ1v) is 8.79. The fourth-order valence-electron chi connectivity index (χ4n) is 2.13. The Balaban J connectivity index is 1.51. The molecule has 3 aromatic carbocycles. The van der Waals surface area contributed by atoms with Gasteiger partial charge in [-0.1, -0.05) is 30.3 Å². The normalized spacial score (nSPS) is 10.1. The van der Waals surface area contributed by atoms with Crippen molar-refractivity contribution in [2.24, 2.45) is 0 Å². The zero-order chi connectivity index (χ0) is 17.5. The molecule has 0 aliphatic carbocycles. The second-order valence-corrected chi connectivity index (χ2v) is 6.37. The van der Waals surface area contributed by atoms with Crippen molar-refractivity contribution in [1.29, 1.82) is 0 Å². The van der Waals surface area contributed by atoms with Crippen LogP contribution in [0.25, 0.3) is 0 Å². The lowest BCUT2D eigenvalue weighted by Crippen LogP contribution is -2.20. The number of halogens is 1. The van der Waals surface area contributed by atoms with Gasteiger partial charge in [0.15, 0.2) is 6.61 Å². The Morgan fingerprint density at radius 2 is 1.40 bits per heavy atom. The fourth-order valence-corrected chi connectivity index (χ4v) is 2.65. The second kappa shape index (κ2) is 8.53. The SMILES string of the molecule is O=C(COc1ccc(Oc2ccccc2)cc1)Nc1ccccc1I. The van der Waals surface area contributed by atoms with E-state index in [0.29, 0.717) is 11.5 Å². The first-order valence-electron chi connectivity index (χ1n) is 7.71. The van der Waals surface area contributed by atoms with Crippen LogP contribution < -0.4 is 14.8 Å². The molecule has 25 heavy (non-hydrogen) atoms. The third-order valence-corrected chi connectivity index (χ3v) is 4.26. The smallest absolute Gasteiger partial charge is 0.262 e. The number of ether oxygens (including phenoxy) is 2. The van der Waals surface area contributed by atoms with Gasteiger partial charge in [-0.3, -0.25) is 4.79 Å². The number of nitrogens with one attached hydrogen (secondary N) is 1. The molecule has 4 nitrogen and oxygen atoms in total. The summed E-state index contributed by atoms with van der Waals surface area (Å²) in [5.41, 5.74) is 0.781. The van der Waals surface area contributed by atoms with Crippen LogP contribution in [0.3, 0.4) is 0 Å². The van der Waals surface area contributed by atoms with Crippen molar-refractivity contribution >= 4 is 34.2 Å². The Hall–Kier alpha value is -2.54. The molecule has 0 radical (unpaired) electrons. The molecule has 3 rings (SSSR count). The van der Waals surface area contributed by atoms with Crippen LogP contribution in [0.4, 0.5) is 5.69 Å². The lowest BCUT2D eigenvalue weighted by atomic mass is 10.3. The summed E-state index contributed by atoms with van der Waals surface area (Å²) in [6.45, 7) is -0.0517. The van der Waals surface area contributed by atoms with Crippen LogP contribution in [-0.2, 0) is 4.79 Å². The molecule has 0 spiro atoms. The van der Waals surface area contributed by atoms with E-state index in [1.165, 1.54) is 0 Å². The van der Waals surface area contributed by atoms with E-state index in [0.717, 1.165) is 15.0 Å². The minimum atomic E-state index is -0.200. The lowest BCUT2D eigenvalue weighted by molar-refractivity contribution is -0.118. The van der Waals surface area contributed by atoms with E-state index >= 15 is 0 Å². The van der Waals surface area contributed by atoms with Crippen LogP contribution in [0.15, 0.2) is 78.9 Å². The van der Waals surface area contributed by atoms with Crippen molar-refractivity contribution in [3.63, 3.8) is 0 Å². The van der Waals surface area contributed by atoms with Crippen LogP contribution >= 0.6 is 22.6 Å². The van der Waals surface area contributed by atoms with E-state index in [4.69, 9.17) is 9.47 Å². The average Bonchev–Trinajstić information content (AvgIpc) is 2.64. The van der Waals surface area contributed by atoms with Gasteiger partial charge in [0.2, 0.25) is 0 Å². The van der Waals surface area contributed by atoms with E-state index in [1.807, 2.05) is 54.6 Å². The first kappa shape index (κ1) is 17.3. The van der Waals surface area contributed by atoms with Gasteiger partial charge >= 0.3 is 0 Å². The predicted molar refractivity (Wildman–Crippen MR) is 106 cm³/mol. The number of hydrogen-bond acceptors (Lipinski definition) is 3. The Kier molecular flexibility index (Phi) is 5.90. The largest absolute Gasteiger partial charge is 0.484 e. The number of benzene rings is 3. The molecule has 1 N–H and O–H groups in total. The van der Waals surface area contributed by atoms with E-state index < -0.39 is 0 Å². The Bertz CT molecular complexity index is 835. The monoisotopic (exact) mass is 445 g/mol. The van der Waals surface area contributed by atoms with Gasteiger partial charge in [0.1, 0.15) is 17.2 Å². The number of amides is 1. The summed E-state index contributed by atoms with van der Waals surface area (Å²) in [7, 11) is 0. The van der Waals surface area contributed by atoms with Gasteiger partial charge in [0.05, 0.1) is 5.69 Å². The molecule has 0 heterocycles. The zero-order valence-corrected chi connectivity index (χ0v) is 15.5. The Morgan fingerprint density at radius 1 is 0.800 bits per heavy atom. The summed E-state index contributed by atoms with van der Waals surface area (Å²) >= 11 is 2.18. The maximum atomic E-state index is 12.0. The molecular weight excluding hydrogens is 429 g/mol. The first-order chi connectivity index (χ1) is 12.2. The number of carbonyl (C=O) groups is 1. The molecule has 126 valence electrons. The van der Waals surface area contributed by atoms with E-state index in [2.05, 4.69) is 27.9 Å². The molecule has 0 saturated carbocycles. The van der Waals surface area contributed by atoms with Crippen molar-refractivity contribution in [3.05, 3.63) is 82.4 Å². The van der Waals surface area contributed by atoms with Crippen molar-refractivity contribution in [3.8, 4) is 17.2 Å².